The fraction of sp³-hybridized carbons (Fsp3) is 0.571. The molecule has 0 radical (unpaired) electrons. The lowest BCUT2D eigenvalue weighted by Gasteiger charge is -2.14. The number of rotatable bonds is 6. The van der Waals surface area contributed by atoms with E-state index in [1.54, 1.807) is 6.07 Å². The van der Waals surface area contributed by atoms with Crippen LogP contribution in [0.5, 0.6) is 5.75 Å². The number of halogens is 1. The highest BCUT2D eigenvalue weighted by molar-refractivity contribution is 7.89. The molecule has 0 aliphatic carbocycles. The first-order valence-corrected chi connectivity index (χ1v) is 8.91. The van der Waals surface area contributed by atoms with Crippen molar-refractivity contribution in [3.63, 3.8) is 0 Å². The zero-order valence-electron chi connectivity index (χ0n) is 12.4. The lowest BCUT2D eigenvalue weighted by molar-refractivity contribution is 0.255. The number of ether oxygens (including phenoxy) is 1. The number of sulfonamides is 1. The molecule has 2 N–H and O–H groups in total. The summed E-state index contributed by atoms with van der Waals surface area (Å²) in [7, 11) is -3.57. The first-order chi connectivity index (χ1) is 9.83. The van der Waals surface area contributed by atoms with Crippen LogP contribution in [0.4, 0.5) is 0 Å². The van der Waals surface area contributed by atoms with Crippen molar-refractivity contribution < 1.29 is 13.2 Å². The van der Waals surface area contributed by atoms with E-state index in [0.29, 0.717) is 23.7 Å². The Kier molecular flexibility index (Phi) is 5.14. The zero-order chi connectivity index (χ0) is 15.6. The monoisotopic (exact) mass is 332 g/mol. The van der Waals surface area contributed by atoms with E-state index in [4.69, 9.17) is 16.3 Å². The Labute approximate surface area is 131 Å². The molecule has 1 aliphatic heterocycles. The largest absolute Gasteiger partial charge is 0.489 e. The number of fused-ring (bicyclic) bond motifs is 1. The lowest BCUT2D eigenvalue weighted by atomic mass is 10.1. The van der Waals surface area contributed by atoms with Gasteiger partial charge in [-0.05, 0) is 32.5 Å². The second-order valence-electron chi connectivity index (χ2n) is 5.34. The van der Waals surface area contributed by atoms with Gasteiger partial charge in [-0.15, -0.1) is 0 Å². The average Bonchev–Trinajstić information content (AvgIpc) is 2.78. The highest BCUT2D eigenvalue weighted by Gasteiger charge is 2.26. The van der Waals surface area contributed by atoms with Gasteiger partial charge < -0.3 is 10.1 Å². The Morgan fingerprint density at radius 1 is 1.48 bits per heavy atom. The van der Waals surface area contributed by atoms with Crippen LogP contribution in [0.3, 0.4) is 0 Å². The molecule has 1 aliphatic rings. The van der Waals surface area contributed by atoms with E-state index < -0.39 is 10.0 Å². The maximum atomic E-state index is 12.3. The van der Waals surface area contributed by atoms with Crippen LogP contribution >= 0.6 is 11.6 Å². The molecule has 1 aromatic rings. The van der Waals surface area contributed by atoms with Gasteiger partial charge in [0.25, 0.3) is 0 Å². The molecule has 118 valence electrons. The van der Waals surface area contributed by atoms with Gasteiger partial charge in [0.05, 0.1) is 9.92 Å². The SMILES string of the molecule is CCN[C@H](C)CNS(=O)(=O)c1cc(Cl)c2c(c1)CC(C)O2. The van der Waals surface area contributed by atoms with Crippen molar-refractivity contribution >= 4 is 21.6 Å². The van der Waals surface area contributed by atoms with E-state index in [0.717, 1.165) is 12.1 Å². The van der Waals surface area contributed by atoms with Crippen molar-refractivity contribution in [3.05, 3.63) is 22.7 Å². The first-order valence-electron chi connectivity index (χ1n) is 7.05. The van der Waals surface area contributed by atoms with Gasteiger partial charge in [0, 0.05) is 24.6 Å². The highest BCUT2D eigenvalue weighted by Crippen LogP contribution is 2.37. The minimum atomic E-state index is -3.57. The van der Waals surface area contributed by atoms with Crippen molar-refractivity contribution in [1.29, 1.82) is 0 Å². The number of hydrogen-bond donors (Lipinski definition) is 2. The van der Waals surface area contributed by atoms with Crippen molar-refractivity contribution in [3.8, 4) is 5.75 Å². The molecule has 2 rings (SSSR count). The minimum absolute atomic E-state index is 0.0252. The molecule has 1 aromatic carbocycles. The normalized spacial score (nSPS) is 19.1. The van der Waals surface area contributed by atoms with Gasteiger partial charge >= 0.3 is 0 Å². The van der Waals surface area contributed by atoms with Crippen molar-refractivity contribution in [1.82, 2.24) is 10.0 Å². The van der Waals surface area contributed by atoms with Crippen LogP contribution in [0.1, 0.15) is 26.3 Å². The van der Waals surface area contributed by atoms with Gasteiger partial charge in [-0.25, -0.2) is 13.1 Å². The van der Waals surface area contributed by atoms with Crippen LogP contribution in [-0.2, 0) is 16.4 Å². The Hall–Kier alpha value is -0.820. The van der Waals surface area contributed by atoms with Crippen LogP contribution in [-0.4, -0.2) is 33.7 Å². The zero-order valence-corrected chi connectivity index (χ0v) is 14.0. The second kappa shape index (κ2) is 6.52. The molecule has 1 unspecified atom stereocenters. The summed E-state index contributed by atoms with van der Waals surface area (Å²) in [5, 5.41) is 3.50. The van der Waals surface area contributed by atoms with Crippen molar-refractivity contribution in [2.45, 2.75) is 44.2 Å². The predicted molar refractivity (Wildman–Crippen MR) is 83.6 cm³/mol. The third-order valence-corrected chi connectivity index (χ3v) is 5.05. The van der Waals surface area contributed by atoms with E-state index in [1.165, 1.54) is 6.07 Å². The third kappa shape index (κ3) is 3.88. The standard InChI is InChI=1S/C14H21ClN2O3S/c1-4-16-9(2)8-17-21(18,19)12-6-11-5-10(3)20-14(11)13(15)7-12/h6-7,9-10,16-17H,4-5,8H2,1-3H3/t9-,10?/m1/s1. The number of nitrogens with one attached hydrogen (secondary N) is 2. The Bertz CT molecular complexity index is 619. The van der Waals surface area contributed by atoms with E-state index in [9.17, 15) is 8.42 Å². The molecule has 0 fully saturated rings. The van der Waals surface area contributed by atoms with Crippen LogP contribution in [0.15, 0.2) is 17.0 Å². The molecule has 0 amide bonds. The second-order valence-corrected chi connectivity index (χ2v) is 7.51. The predicted octanol–water partition coefficient (Wildman–Crippen LogP) is 1.94. The number of hydrogen-bond acceptors (Lipinski definition) is 4. The molecular weight excluding hydrogens is 312 g/mol. The quantitative estimate of drug-likeness (QED) is 0.835. The molecule has 0 spiro atoms. The van der Waals surface area contributed by atoms with E-state index in [-0.39, 0.29) is 17.0 Å². The molecule has 0 saturated carbocycles. The van der Waals surface area contributed by atoms with Gasteiger partial charge in [-0.2, -0.15) is 0 Å². The van der Waals surface area contributed by atoms with Gasteiger partial charge in [-0.1, -0.05) is 18.5 Å². The molecule has 0 saturated heterocycles. The summed E-state index contributed by atoms with van der Waals surface area (Å²) in [5.74, 6) is 0.601. The Morgan fingerprint density at radius 3 is 2.86 bits per heavy atom. The maximum absolute atomic E-state index is 12.3. The topological polar surface area (TPSA) is 67.4 Å². The van der Waals surface area contributed by atoms with Crippen LogP contribution in [0.25, 0.3) is 0 Å². The lowest BCUT2D eigenvalue weighted by Crippen LogP contribution is -2.38. The van der Waals surface area contributed by atoms with Crippen LogP contribution < -0.4 is 14.8 Å². The van der Waals surface area contributed by atoms with Gasteiger partial charge in [0.1, 0.15) is 11.9 Å². The summed E-state index contributed by atoms with van der Waals surface area (Å²) < 4.78 is 32.9. The van der Waals surface area contributed by atoms with Gasteiger partial charge in [-0.3, -0.25) is 0 Å². The smallest absolute Gasteiger partial charge is 0.240 e. The summed E-state index contributed by atoms with van der Waals surface area (Å²) in [6, 6.07) is 3.15. The molecule has 0 bridgehead atoms. The van der Waals surface area contributed by atoms with Crippen molar-refractivity contribution in [2.24, 2.45) is 0 Å². The highest BCUT2D eigenvalue weighted by atomic mass is 35.5. The van der Waals surface area contributed by atoms with E-state index in [1.807, 2.05) is 20.8 Å². The number of likely N-dealkylation sites (N-methyl/N-ethyl adjacent to an activating group) is 1. The maximum Gasteiger partial charge on any atom is 0.240 e. The average molecular weight is 333 g/mol. The molecule has 21 heavy (non-hydrogen) atoms. The molecule has 0 aromatic heterocycles. The minimum Gasteiger partial charge on any atom is -0.489 e. The summed E-state index contributed by atoms with van der Waals surface area (Å²) in [4.78, 5) is 0.188. The van der Waals surface area contributed by atoms with E-state index in [2.05, 4.69) is 10.0 Å². The summed E-state index contributed by atoms with van der Waals surface area (Å²) in [5.41, 5.74) is 0.843. The summed E-state index contributed by atoms with van der Waals surface area (Å²) in [6.45, 7) is 6.96. The van der Waals surface area contributed by atoms with Crippen LogP contribution in [0.2, 0.25) is 5.02 Å². The third-order valence-electron chi connectivity index (χ3n) is 3.36. The fourth-order valence-electron chi connectivity index (χ4n) is 2.35. The molecule has 2 atom stereocenters. The Balaban J connectivity index is 2.18. The van der Waals surface area contributed by atoms with E-state index >= 15 is 0 Å². The summed E-state index contributed by atoms with van der Waals surface area (Å²) >= 11 is 6.13. The molecular formula is C14H21ClN2O3S. The van der Waals surface area contributed by atoms with Crippen molar-refractivity contribution in [2.75, 3.05) is 13.1 Å². The molecule has 5 nitrogen and oxygen atoms in total. The fourth-order valence-corrected chi connectivity index (χ4v) is 3.91. The van der Waals surface area contributed by atoms with Gasteiger partial charge in [0.2, 0.25) is 10.0 Å². The Morgan fingerprint density at radius 2 is 2.19 bits per heavy atom. The first kappa shape index (κ1) is 16.5. The van der Waals surface area contributed by atoms with Gasteiger partial charge in [0.15, 0.2) is 0 Å². The van der Waals surface area contributed by atoms with Crippen LogP contribution in [0, 0.1) is 0 Å². The molecule has 1 heterocycles. The molecule has 7 heteroatoms. The summed E-state index contributed by atoms with van der Waals surface area (Å²) in [6.07, 6.45) is 0.698. The number of benzene rings is 1.